The Balaban J connectivity index is 2.15. The molecule has 0 aliphatic heterocycles. The smallest absolute Gasteiger partial charge is 0.205 e. The van der Waals surface area contributed by atoms with Gasteiger partial charge in [-0.05, 0) is 37.5 Å². The number of rotatable bonds is 3. The summed E-state index contributed by atoms with van der Waals surface area (Å²) in [5.41, 5.74) is 7.05. The van der Waals surface area contributed by atoms with E-state index < -0.39 is 0 Å². The number of hydrogen-bond donors (Lipinski definition) is 1. The monoisotopic (exact) mass is 233 g/mol. The molecule has 4 heteroatoms. The fraction of sp³-hybridized carbons (Fsp3) is 0.333. The van der Waals surface area contributed by atoms with Crippen molar-refractivity contribution in [3.05, 3.63) is 39.9 Å². The molecular formula is C12H15N3S. The normalized spacial score (nSPS) is 10.4. The fourth-order valence-corrected chi connectivity index (χ4v) is 2.35. The van der Waals surface area contributed by atoms with Crippen molar-refractivity contribution in [2.45, 2.75) is 27.3 Å². The fourth-order valence-electron chi connectivity index (χ4n) is 1.90. The first-order valence-electron chi connectivity index (χ1n) is 5.23. The quantitative estimate of drug-likeness (QED) is 0.885. The van der Waals surface area contributed by atoms with Crippen LogP contribution in [0.2, 0.25) is 0 Å². The van der Waals surface area contributed by atoms with E-state index in [1.807, 2.05) is 0 Å². The summed E-state index contributed by atoms with van der Waals surface area (Å²) in [6.45, 7) is 7.24. The minimum atomic E-state index is 0.813. The summed E-state index contributed by atoms with van der Waals surface area (Å²) in [6, 6.07) is 4.42. The molecule has 1 N–H and O–H groups in total. The van der Waals surface area contributed by atoms with Crippen LogP contribution in [0.5, 0.6) is 0 Å². The van der Waals surface area contributed by atoms with E-state index in [-0.39, 0.29) is 0 Å². The lowest BCUT2D eigenvalue weighted by molar-refractivity contribution is 1.03. The Hall–Kier alpha value is -1.42. The Bertz CT molecular complexity index is 454. The lowest BCUT2D eigenvalue weighted by Gasteiger charge is -2.11. The van der Waals surface area contributed by atoms with Gasteiger partial charge >= 0.3 is 0 Å². The number of benzene rings is 1. The number of aromatic nitrogens is 2. The van der Waals surface area contributed by atoms with E-state index in [1.165, 1.54) is 33.6 Å². The second-order valence-corrected chi connectivity index (χ2v) is 4.81. The summed E-state index contributed by atoms with van der Waals surface area (Å²) in [7, 11) is 0. The van der Waals surface area contributed by atoms with Gasteiger partial charge in [-0.15, -0.1) is 10.2 Å². The van der Waals surface area contributed by atoms with Crippen molar-refractivity contribution in [3.63, 3.8) is 0 Å². The predicted octanol–water partition coefficient (Wildman–Crippen LogP) is 3.08. The Kier molecular flexibility index (Phi) is 3.19. The molecule has 0 saturated heterocycles. The molecule has 3 nitrogen and oxygen atoms in total. The second-order valence-electron chi connectivity index (χ2n) is 3.97. The largest absolute Gasteiger partial charge is 0.356 e. The molecular weight excluding hydrogens is 218 g/mol. The SMILES string of the molecule is Cc1cc(C)c(CNc2nncs2)c(C)c1. The van der Waals surface area contributed by atoms with Crippen LogP contribution in [0.4, 0.5) is 5.13 Å². The topological polar surface area (TPSA) is 37.8 Å². The molecule has 0 atom stereocenters. The average molecular weight is 233 g/mol. The van der Waals surface area contributed by atoms with Crippen LogP contribution in [-0.2, 0) is 6.54 Å². The number of hydrogen-bond acceptors (Lipinski definition) is 4. The number of nitrogens with one attached hydrogen (secondary N) is 1. The lowest BCUT2D eigenvalue weighted by Crippen LogP contribution is -2.03. The molecule has 0 aliphatic rings. The summed E-state index contributed by atoms with van der Waals surface area (Å²) < 4.78 is 0. The van der Waals surface area contributed by atoms with Crippen LogP contribution in [-0.4, -0.2) is 10.2 Å². The summed E-state index contributed by atoms with van der Waals surface area (Å²) in [5.74, 6) is 0. The number of aryl methyl sites for hydroxylation is 3. The average Bonchev–Trinajstić information content (AvgIpc) is 2.68. The predicted molar refractivity (Wildman–Crippen MR) is 67.9 cm³/mol. The molecule has 0 aliphatic carbocycles. The molecule has 84 valence electrons. The van der Waals surface area contributed by atoms with Gasteiger partial charge in [-0.2, -0.15) is 0 Å². The van der Waals surface area contributed by atoms with E-state index in [1.54, 1.807) is 5.51 Å². The van der Waals surface area contributed by atoms with Gasteiger partial charge in [0.05, 0.1) is 0 Å². The van der Waals surface area contributed by atoms with Gasteiger partial charge in [0.15, 0.2) is 0 Å². The third-order valence-corrected chi connectivity index (χ3v) is 3.27. The van der Waals surface area contributed by atoms with Crippen molar-refractivity contribution in [3.8, 4) is 0 Å². The molecule has 16 heavy (non-hydrogen) atoms. The highest BCUT2D eigenvalue weighted by Crippen LogP contribution is 2.18. The van der Waals surface area contributed by atoms with E-state index in [0.717, 1.165) is 11.7 Å². The highest BCUT2D eigenvalue weighted by molar-refractivity contribution is 7.13. The molecule has 1 heterocycles. The first-order valence-corrected chi connectivity index (χ1v) is 6.11. The zero-order valence-corrected chi connectivity index (χ0v) is 10.6. The van der Waals surface area contributed by atoms with Crippen molar-refractivity contribution in [1.82, 2.24) is 10.2 Å². The maximum Gasteiger partial charge on any atom is 0.205 e. The van der Waals surface area contributed by atoms with Crippen molar-refractivity contribution in [2.75, 3.05) is 5.32 Å². The molecule has 0 saturated carbocycles. The van der Waals surface area contributed by atoms with Gasteiger partial charge in [-0.25, -0.2) is 0 Å². The van der Waals surface area contributed by atoms with Crippen molar-refractivity contribution in [1.29, 1.82) is 0 Å². The van der Waals surface area contributed by atoms with Gasteiger partial charge < -0.3 is 5.32 Å². The summed E-state index contributed by atoms with van der Waals surface area (Å²) in [5, 5.41) is 11.9. The minimum absolute atomic E-state index is 0.813. The first-order chi connectivity index (χ1) is 7.66. The number of anilines is 1. The molecule has 1 aromatic heterocycles. The number of nitrogens with zero attached hydrogens (tertiary/aromatic N) is 2. The molecule has 0 radical (unpaired) electrons. The third-order valence-electron chi connectivity index (χ3n) is 2.62. The molecule has 0 spiro atoms. The summed E-state index contributed by atoms with van der Waals surface area (Å²) in [6.07, 6.45) is 0. The molecule has 0 bridgehead atoms. The van der Waals surface area contributed by atoms with Gasteiger partial charge in [0.25, 0.3) is 0 Å². The third kappa shape index (κ3) is 2.39. The molecule has 1 aromatic carbocycles. The maximum absolute atomic E-state index is 3.97. The van der Waals surface area contributed by atoms with Gasteiger partial charge in [0.2, 0.25) is 5.13 Å². The highest BCUT2D eigenvalue weighted by atomic mass is 32.1. The van der Waals surface area contributed by atoms with Crippen LogP contribution in [0.15, 0.2) is 17.6 Å². The van der Waals surface area contributed by atoms with E-state index in [9.17, 15) is 0 Å². The minimum Gasteiger partial charge on any atom is -0.356 e. The Morgan fingerprint density at radius 2 is 1.88 bits per heavy atom. The molecule has 2 aromatic rings. The first kappa shape index (κ1) is 11.1. The molecule has 0 fully saturated rings. The molecule has 0 amide bonds. The van der Waals surface area contributed by atoms with Crippen molar-refractivity contribution < 1.29 is 0 Å². The lowest BCUT2D eigenvalue weighted by atomic mass is 10.00. The van der Waals surface area contributed by atoms with Crippen LogP contribution >= 0.6 is 11.3 Å². The van der Waals surface area contributed by atoms with Crippen LogP contribution in [0.3, 0.4) is 0 Å². The van der Waals surface area contributed by atoms with Crippen molar-refractivity contribution >= 4 is 16.5 Å². The van der Waals surface area contributed by atoms with Gasteiger partial charge in [-0.3, -0.25) is 0 Å². The zero-order chi connectivity index (χ0) is 11.5. The standard InChI is InChI=1S/C12H15N3S/c1-8-4-9(2)11(10(3)5-8)6-13-12-15-14-7-16-12/h4-5,7H,6H2,1-3H3,(H,13,15). The Labute approximate surface area is 99.5 Å². The Morgan fingerprint density at radius 1 is 1.19 bits per heavy atom. The summed E-state index contributed by atoms with van der Waals surface area (Å²) in [4.78, 5) is 0. The van der Waals surface area contributed by atoms with E-state index >= 15 is 0 Å². The van der Waals surface area contributed by atoms with Gasteiger partial charge in [-0.1, -0.05) is 29.0 Å². The van der Waals surface area contributed by atoms with E-state index in [2.05, 4.69) is 48.4 Å². The summed E-state index contributed by atoms with van der Waals surface area (Å²) >= 11 is 1.52. The highest BCUT2D eigenvalue weighted by Gasteiger charge is 2.04. The van der Waals surface area contributed by atoms with Crippen molar-refractivity contribution in [2.24, 2.45) is 0 Å². The van der Waals surface area contributed by atoms with Crippen LogP contribution in [0.1, 0.15) is 22.3 Å². The maximum atomic E-state index is 3.97. The Morgan fingerprint density at radius 3 is 2.44 bits per heavy atom. The van der Waals surface area contributed by atoms with Gasteiger partial charge in [0.1, 0.15) is 5.51 Å². The molecule has 2 rings (SSSR count). The zero-order valence-electron chi connectivity index (χ0n) is 9.74. The van der Waals surface area contributed by atoms with Crippen LogP contribution < -0.4 is 5.32 Å². The van der Waals surface area contributed by atoms with Gasteiger partial charge in [0, 0.05) is 6.54 Å². The van der Waals surface area contributed by atoms with E-state index in [0.29, 0.717) is 0 Å². The van der Waals surface area contributed by atoms with Crippen LogP contribution in [0, 0.1) is 20.8 Å². The molecule has 0 unspecified atom stereocenters. The van der Waals surface area contributed by atoms with Crippen LogP contribution in [0.25, 0.3) is 0 Å². The second kappa shape index (κ2) is 4.61. The van der Waals surface area contributed by atoms with E-state index in [4.69, 9.17) is 0 Å².